The van der Waals surface area contributed by atoms with E-state index in [1.807, 2.05) is 24.3 Å². The molecule has 0 unspecified atom stereocenters. The van der Waals surface area contributed by atoms with Crippen molar-refractivity contribution in [2.24, 2.45) is 5.73 Å². The van der Waals surface area contributed by atoms with Gasteiger partial charge in [0.15, 0.2) is 0 Å². The van der Waals surface area contributed by atoms with Gasteiger partial charge < -0.3 is 10.2 Å². The number of carbonyl (C=O) groups excluding carboxylic acids is 1. The molecule has 0 atom stereocenters. The van der Waals surface area contributed by atoms with Crippen LogP contribution < -0.4 is 5.73 Å². The molecule has 1 amide bonds. The molecule has 2 rings (SSSR count). The molecule has 0 saturated heterocycles. The molecule has 0 bridgehead atoms. The number of benzene rings is 1. The zero-order valence-electron chi connectivity index (χ0n) is 6.99. The van der Waals surface area contributed by atoms with Gasteiger partial charge in [-0.2, -0.15) is 0 Å². The summed E-state index contributed by atoms with van der Waals surface area (Å²) in [6.07, 6.45) is 1.90. The van der Waals surface area contributed by atoms with Crippen LogP contribution in [-0.4, -0.2) is 5.91 Å². The van der Waals surface area contributed by atoms with Crippen molar-refractivity contribution in [3.05, 3.63) is 36.1 Å². The fourth-order valence-corrected chi connectivity index (χ4v) is 1.33. The Hall–Kier alpha value is -1.77. The summed E-state index contributed by atoms with van der Waals surface area (Å²) < 4.78 is 5.16. The number of hydrogen-bond donors (Lipinski definition) is 1. The van der Waals surface area contributed by atoms with Gasteiger partial charge >= 0.3 is 0 Å². The van der Waals surface area contributed by atoms with E-state index in [-0.39, 0.29) is 12.3 Å². The molecule has 2 N–H and O–H groups in total. The van der Waals surface area contributed by atoms with Gasteiger partial charge in [0.25, 0.3) is 0 Å². The first-order valence-electron chi connectivity index (χ1n) is 4.00. The van der Waals surface area contributed by atoms with E-state index in [4.69, 9.17) is 10.2 Å². The van der Waals surface area contributed by atoms with E-state index in [0.29, 0.717) is 0 Å². The molecule has 0 aliphatic heterocycles. The van der Waals surface area contributed by atoms with Crippen LogP contribution in [0.1, 0.15) is 5.56 Å². The Balaban J connectivity index is 2.42. The predicted octanol–water partition coefficient (Wildman–Crippen LogP) is 1.46. The molecule has 0 spiro atoms. The first kappa shape index (κ1) is 7.86. The van der Waals surface area contributed by atoms with Gasteiger partial charge in [0.05, 0.1) is 12.7 Å². The molecule has 1 aromatic heterocycles. The van der Waals surface area contributed by atoms with Gasteiger partial charge in [-0.1, -0.05) is 6.07 Å². The lowest BCUT2D eigenvalue weighted by molar-refractivity contribution is -0.117. The van der Waals surface area contributed by atoms with E-state index in [1.165, 1.54) is 0 Å². The van der Waals surface area contributed by atoms with Gasteiger partial charge in [-0.15, -0.1) is 0 Å². The predicted molar refractivity (Wildman–Crippen MR) is 49.1 cm³/mol. The Labute approximate surface area is 75.1 Å². The molecule has 0 fully saturated rings. The Morgan fingerprint density at radius 3 is 3.00 bits per heavy atom. The zero-order valence-corrected chi connectivity index (χ0v) is 6.99. The number of fused-ring (bicyclic) bond motifs is 1. The molecule has 0 aliphatic carbocycles. The second-order valence-corrected chi connectivity index (χ2v) is 2.94. The number of amides is 1. The van der Waals surface area contributed by atoms with Crippen molar-refractivity contribution < 1.29 is 9.21 Å². The summed E-state index contributed by atoms with van der Waals surface area (Å²) in [6, 6.07) is 7.45. The van der Waals surface area contributed by atoms with Crippen LogP contribution in [0.5, 0.6) is 0 Å². The summed E-state index contributed by atoms with van der Waals surface area (Å²) in [4.78, 5) is 10.6. The smallest absolute Gasteiger partial charge is 0.221 e. The highest BCUT2D eigenvalue weighted by atomic mass is 16.3. The third-order valence-corrected chi connectivity index (χ3v) is 1.90. The molecular formula is C10H9NO2. The molecule has 3 nitrogen and oxygen atoms in total. The van der Waals surface area contributed by atoms with E-state index < -0.39 is 0 Å². The quantitative estimate of drug-likeness (QED) is 0.751. The minimum Gasteiger partial charge on any atom is -0.464 e. The summed E-state index contributed by atoms with van der Waals surface area (Å²) in [5, 5.41) is 0.999. The largest absolute Gasteiger partial charge is 0.464 e. The van der Waals surface area contributed by atoms with Gasteiger partial charge in [-0.25, -0.2) is 0 Å². The first-order valence-corrected chi connectivity index (χ1v) is 4.00. The number of primary amides is 1. The monoisotopic (exact) mass is 175 g/mol. The molecule has 0 saturated carbocycles. The lowest BCUT2D eigenvalue weighted by atomic mass is 10.1. The number of rotatable bonds is 2. The van der Waals surface area contributed by atoms with E-state index in [1.54, 1.807) is 6.26 Å². The summed E-state index contributed by atoms with van der Waals surface area (Å²) in [5.74, 6) is -0.317. The normalized spacial score (nSPS) is 10.5. The van der Waals surface area contributed by atoms with Crippen LogP contribution in [0.15, 0.2) is 34.9 Å². The van der Waals surface area contributed by atoms with Crippen molar-refractivity contribution in [2.75, 3.05) is 0 Å². The van der Waals surface area contributed by atoms with Crippen molar-refractivity contribution in [3.8, 4) is 0 Å². The summed E-state index contributed by atoms with van der Waals surface area (Å²) in [5.41, 5.74) is 6.83. The molecule has 66 valence electrons. The van der Waals surface area contributed by atoms with Gasteiger partial charge in [0.1, 0.15) is 5.58 Å². The van der Waals surface area contributed by atoms with Crippen molar-refractivity contribution in [2.45, 2.75) is 6.42 Å². The van der Waals surface area contributed by atoms with Crippen molar-refractivity contribution in [1.82, 2.24) is 0 Å². The maximum Gasteiger partial charge on any atom is 0.221 e. The lowest BCUT2D eigenvalue weighted by Gasteiger charge is -1.96. The highest BCUT2D eigenvalue weighted by Crippen LogP contribution is 2.16. The average Bonchev–Trinajstić information content (AvgIpc) is 2.49. The van der Waals surface area contributed by atoms with Crippen LogP contribution in [0.2, 0.25) is 0 Å². The average molecular weight is 175 g/mol. The molecule has 0 radical (unpaired) electrons. The number of carbonyl (C=O) groups is 1. The maximum absolute atomic E-state index is 10.6. The van der Waals surface area contributed by atoms with Crippen LogP contribution in [0.25, 0.3) is 11.0 Å². The fraction of sp³-hybridized carbons (Fsp3) is 0.100. The van der Waals surface area contributed by atoms with Gasteiger partial charge in [0.2, 0.25) is 5.91 Å². The molecule has 1 heterocycles. The van der Waals surface area contributed by atoms with E-state index in [9.17, 15) is 4.79 Å². The molecule has 0 aliphatic rings. The standard InChI is InChI=1S/C10H9NO2/c11-10(12)6-7-1-2-9-8(5-7)3-4-13-9/h1-5H,6H2,(H2,11,12). The third-order valence-electron chi connectivity index (χ3n) is 1.90. The van der Waals surface area contributed by atoms with Crippen molar-refractivity contribution >= 4 is 16.9 Å². The fourth-order valence-electron chi connectivity index (χ4n) is 1.33. The molecule has 3 heteroatoms. The van der Waals surface area contributed by atoms with Crippen LogP contribution in [0.3, 0.4) is 0 Å². The highest BCUT2D eigenvalue weighted by molar-refractivity contribution is 5.81. The van der Waals surface area contributed by atoms with Crippen molar-refractivity contribution in [3.63, 3.8) is 0 Å². The summed E-state index contributed by atoms with van der Waals surface area (Å²) in [7, 11) is 0. The van der Waals surface area contributed by atoms with E-state index in [0.717, 1.165) is 16.5 Å². The van der Waals surface area contributed by atoms with Crippen LogP contribution >= 0.6 is 0 Å². The number of furan rings is 1. The lowest BCUT2D eigenvalue weighted by Crippen LogP contribution is -2.13. The second kappa shape index (κ2) is 2.94. The zero-order chi connectivity index (χ0) is 9.26. The Bertz CT molecular complexity index is 445. The van der Waals surface area contributed by atoms with Gasteiger partial charge in [0, 0.05) is 5.39 Å². The Morgan fingerprint density at radius 1 is 1.38 bits per heavy atom. The Morgan fingerprint density at radius 2 is 2.23 bits per heavy atom. The number of nitrogens with two attached hydrogens (primary N) is 1. The van der Waals surface area contributed by atoms with E-state index >= 15 is 0 Å². The van der Waals surface area contributed by atoms with Gasteiger partial charge in [-0.05, 0) is 23.8 Å². The number of hydrogen-bond acceptors (Lipinski definition) is 2. The topological polar surface area (TPSA) is 56.2 Å². The molecule has 2 aromatic rings. The highest BCUT2D eigenvalue weighted by Gasteiger charge is 2.01. The molecule has 13 heavy (non-hydrogen) atoms. The molecular weight excluding hydrogens is 166 g/mol. The van der Waals surface area contributed by atoms with E-state index in [2.05, 4.69) is 0 Å². The summed E-state index contributed by atoms with van der Waals surface area (Å²) in [6.45, 7) is 0. The maximum atomic E-state index is 10.6. The van der Waals surface area contributed by atoms with Crippen LogP contribution in [-0.2, 0) is 11.2 Å². The van der Waals surface area contributed by atoms with Crippen molar-refractivity contribution in [1.29, 1.82) is 0 Å². The Kier molecular flexibility index (Phi) is 1.77. The third kappa shape index (κ3) is 1.54. The first-order chi connectivity index (χ1) is 6.25. The summed E-state index contributed by atoms with van der Waals surface area (Å²) >= 11 is 0. The van der Waals surface area contributed by atoms with Gasteiger partial charge in [-0.3, -0.25) is 4.79 Å². The molecule has 1 aromatic carbocycles. The SMILES string of the molecule is NC(=O)Cc1ccc2occc2c1. The minimum atomic E-state index is -0.317. The van der Waals surface area contributed by atoms with Crippen LogP contribution in [0, 0.1) is 0 Å². The second-order valence-electron chi connectivity index (χ2n) is 2.94. The van der Waals surface area contributed by atoms with Crippen LogP contribution in [0.4, 0.5) is 0 Å². The minimum absolute atomic E-state index is 0.279.